The maximum absolute atomic E-state index is 3.58. The van der Waals surface area contributed by atoms with E-state index in [-0.39, 0.29) is 147 Å². The normalized spacial score (nSPS) is 17.9. The minimum absolute atomic E-state index is 0. The first-order valence-corrected chi connectivity index (χ1v) is 14.7. The zero-order valence-electron chi connectivity index (χ0n) is 27.0. The van der Waals surface area contributed by atoms with Crippen molar-refractivity contribution < 1.29 is 11.0 Å². The summed E-state index contributed by atoms with van der Waals surface area (Å²) in [7, 11) is 0. The maximum atomic E-state index is 3.58. The van der Waals surface area contributed by atoms with Crippen molar-refractivity contribution in [1.82, 2.24) is 41.7 Å². The third-order valence-corrected chi connectivity index (χ3v) is 7.03. The van der Waals surface area contributed by atoms with Gasteiger partial charge in [0.25, 0.3) is 0 Å². The summed E-state index contributed by atoms with van der Waals surface area (Å²) in [4.78, 5) is 5.31. The minimum atomic E-state index is 0. The van der Waals surface area contributed by atoms with Gasteiger partial charge in [-0.05, 0) is 89.2 Å². The van der Waals surface area contributed by atoms with Crippen molar-refractivity contribution in [3.05, 3.63) is 35.4 Å². The highest BCUT2D eigenvalue weighted by Crippen LogP contribution is 2.12. The second kappa shape index (κ2) is 47.7. The fraction of sp³-hybridized carbons (Fsp3) is 0.786. The molecule has 3 rings (SSSR count). The number of nitrogens with one attached hydrogen (secondary N) is 6. The molecule has 0 amide bonds. The van der Waals surface area contributed by atoms with Crippen molar-refractivity contribution in [1.29, 1.82) is 0 Å². The van der Waals surface area contributed by atoms with E-state index in [0.29, 0.717) is 0 Å². The zero-order chi connectivity index (χ0) is 24.9. The molecule has 0 aliphatic carbocycles. The van der Waals surface area contributed by atoms with E-state index in [2.05, 4.69) is 66.0 Å². The van der Waals surface area contributed by atoms with Crippen molar-refractivity contribution in [2.24, 2.45) is 0 Å². The van der Waals surface area contributed by atoms with Gasteiger partial charge in [0.1, 0.15) is 0 Å². The number of rotatable bonds is 4. The average molecular weight is 1190 g/mol. The Balaban J connectivity index is -0.000000241. The molecule has 2 fully saturated rings. The molecular weight excluding hydrogens is 1120 g/mol. The van der Waals surface area contributed by atoms with E-state index >= 15 is 0 Å². The summed E-state index contributed by atoms with van der Waals surface area (Å²) in [6.45, 7) is 19.6. The molecule has 2 aliphatic rings. The van der Waals surface area contributed by atoms with Crippen LogP contribution in [0.5, 0.6) is 0 Å². The molecule has 0 saturated carbocycles. The molecule has 0 atom stereocenters. The SMILES string of the molecule is Br.Br.Br.Br.Br.Br.Br.Br.O.O.c1cc(CN2CCCNCCNCCNCCC2)cc(CN2CCCNCCNCCNCCC2)c1. The smallest absolute Gasteiger partial charge is 0.0233 e. The molecule has 2 aliphatic heterocycles. The van der Waals surface area contributed by atoms with Crippen molar-refractivity contribution in [3.8, 4) is 0 Å². The van der Waals surface area contributed by atoms with Gasteiger partial charge in [-0.1, -0.05) is 24.3 Å². The predicted molar refractivity (Wildman–Crippen MR) is 242 cm³/mol. The van der Waals surface area contributed by atoms with E-state index in [9.17, 15) is 0 Å². The van der Waals surface area contributed by atoms with Gasteiger partial charge in [-0.25, -0.2) is 0 Å². The van der Waals surface area contributed by atoms with Gasteiger partial charge >= 0.3 is 0 Å². The van der Waals surface area contributed by atoms with Crippen LogP contribution in [0.1, 0.15) is 36.8 Å². The third-order valence-electron chi connectivity index (χ3n) is 7.03. The number of hydrogen-bond donors (Lipinski definition) is 6. The van der Waals surface area contributed by atoms with Gasteiger partial charge in [0.05, 0.1) is 0 Å². The highest BCUT2D eigenvalue weighted by molar-refractivity contribution is 8.93. The number of benzene rings is 1. The Kier molecular flexibility index (Phi) is 69.3. The van der Waals surface area contributed by atoms with E-state index < -0.39 is 0 Å². The second-order valence-corrected chi connectivity index (χ2v) is 10.3. The fourth-order valence-electron chi connectivity index (χ4n) is 5.05. The van der Waals surface area contributed by atoms with Crippen LogP contribution < -0.4 is 31.9 Å². The molecule has 2 saturated heterocycles. The van der Waals surface area contributed by atoms with Crippen LogP contribution in [0.15, 0.2) is 24.3 Å². The molecule has 0 bridgehead atoms. The van der Waals surface area contributed by atoms with Crippen LogP contribution in [0.25, 0.3) is 0 Å². The Morgan fingerprint density at radius 3 is 0.891 bits per heavy atom. The Bertz CT molecular complexity index is 621. The van der Waals surface area contributed by atoms with Gasteiger partial charge in [-0.3, -0.25) is 9.80 Å². The van der Waals surface area contributed by atoms with Crippen LogP contribution in [0, 0.1) is 0 Å². The lowest BCUT2D eigenvalue weighted by molar-refractivity contribution is 0.252. The average Bonchev–Trinajstić information content (AvgIpc) is 2.88. The predicted octanol–water partition coefficient (Wildman–Crippen LogP) is 3.39. The van der Waals surface area contributed by atoms with Gasteiger partial charge in [0.15, 0.2) is 0 Å². The number of hydrogen-bond acceptors (Lipinski definition) is 8. The van der Waals surface area contributed by atoms with Crippen LogP contribution in [0.2, 0.25) is 0 Å². The lowest BCUT2D eigenvalue weighted by atomic mass is 10.1. The summed E-state index contributed by atoms with van der Waals surface area (Å²) in [5.41, 5.74) is 2.91. The van der Waals surface area contributed by atoms with Crippen molar-refractivity contribution in [2.45, 2.75) is 38.8 Å². The lowest BCUT2D eigenvalue weighted by Crippen LogP contribution is -2.36. The van der Waals surface area contributed by atoms with Crippen LogP contribution >= 0.6 is 136 Å². The summed E-state index contributed by atoms with van der Waals surface area (Å²) in [5, 5.41) is 21.3. The summed E-state index contributed by atoms with van der Waals surface area (Å²) in [6, 6.07) is 9.37. The van der Waals surface area contributed by atoms with Crippen LogP contribution in [0.4, 0.5) is 0 Å². The Hall–Kier alpha value is 2.66. The van der Waals surface area contributed by atoms with Gasteiger partial charge in [-0.15, -0.1) is 136 Å². The van der Waals surface area contributed by atoms with E-state index in [4.69, 9.17) is 0 Å². The first-order valence-electron chi connectivity index (χ1n) is 14.7. The first kappa shape index (κ1) is 66.9. The Morgan fingerprint density at radius 1 is 0.391 bits per heavy atom. The summed E-state index contributed by atoms with van der Waals surface area (Å²) < 4.78 is 0. The molecular formula is C28H66Br8N8O2. The third kappa shape index (κ3) is 35.1. The summed E-state index contributed by atoms with van der Waals surface area (Å²) in [6.07, 6.45) is 4.83. The van der Waals surface area contributed by atoms with E-state index in [1.54, 1.807) is 0 Å². The highest BCUT2D eigenvalue weighted by Gasteiger charge is 2.10. The van der Waals surface area contributed by atoms with Crippen LogP contribution in [0.3, 0.4) is 0 Å². The Labute approximate surface area is 363 Å². The molecule has 1 aromatic carbocycles. The molecule has 0 aromatic heterocycles. The molecule has 0 radical (unpaired) electrons. The van der Waals surface area contributed by atoms with Crippen molar-refractivity contribution >= 4 is 136 Å². The molecule has 10 nitrogen and oxygen atoms in total. The molecule has 10 N–H and O–H groups in total. The second-order valence-electron chi connectivity index (χ2n) is 10.3. The maximum Gasteiger partial charge on any atom is 0.0233 e. The van der Waals surface area contributed by atoms with Crippen LogP contribution in [-0.2, 0) is 13.1 Å². The summed E-state index contributed by atoms with van der Waals surface area (Å²) >= 11 is 0. The van der Waals surface area contributed by atoms with E-state index in [1.165, 1.54) is 36.8 Å². The highest BCUT2D eigenvalue weighted by atomic mass is 79.9. The molecule has 46 heavy (non-hydrogen) atoms. The van der Waals surface area contributed by atoms with E-state index in [1.807, 2.05) is 0 Å². The molecule has 2 heterocycles. The van der Waals surface area contributed by atoms with E-state index in [0.717, 1.165) is 118 Å². The minimum Gasteiger partial charge on any atom is -0.412 e. The van der Waals surface area contributed by atoms with Crippen molar-refractivity contribution in [2.75, 3.05) is 105 Å². The monoisotopic (exact) mass is 1180 g/mol. The Morgan fingerprint density at radius 2 is 0.630 bits per heavy atom. The largest absolute Gasteiger partial charge is 0.412 e. The van der Waals surface area contributed by atoms with Crippen molar-refractivity contribution in [3.63, 3.8) is 0 Å². The number of halogens is 8. The fourth-order valence-corrected chi connectivity index (χ4v) is 5.05. The van der Waals surface area contributed by atoms with Gasteiger partial charge in [0.2, 0.25) is 0 Å². The zero-order valence-corrected chi connectivity index (χ0v) is 40.7. The van der Waals surface area contributed by atoms with Gasteiger partial charge in [-0.2, -0.15) is 0 Å². The quantitative estimate of drug-likeness (QED) is 0.270. The molecule has 18 heteroatoms. The van der Waals surface area contributed by atoms with Crippen LogP contribution in [-0.4, -0.2) is 125 Å². The molecule has 286 valence electrons. The molecule has 0 spiro atoms. The first-order chi connectivity index (χ1) is 17.9. The standard InChI is InChI=1S/C28H54N8.8BrH.2H2O/c1-6-27(25-35-20-2-8-29-12-16-33-17-13-30-9-3-21-35)24-28(7-1)26-36-22-4-10-31-14-18-34-19-15-32-11-5-23-36;;;;;;;;;;/h1,6-7,24,29-34H,2-5,8-23,25-26H2;8*1H;2*1H2. The number of nitrogens with zero attached hydrogens (tertiary/aromatic N) is 2. The van der Waals surface area contributed by atoms with Gasteiger partial charge < -0.3 is 42.9 Å². The lowest BCUT2D eigenvalue weighted by Gasteiger charge is -2.25. The topological polar surface area (TPSA) is 142 Å². The molecule has 0 unspecified atom stereocenters. The summed E-state index contributed by atoms with van der Waals surface area (Å²) in [5.74, 6) is 0. The van der Waals surface area contributed by atoms with Gasteiger partial charge in [0, 0.05) is 65.4 Å². The molecule has 1 aromatic rings.